The van der Waals surface area contributed by atoms with E-state index < -0.39 is 11.5 Å². The standard InChI is InChI=1S/C15H16N2O5/c1-3-22-11-5-4-9(6-12(11)21-2)15-16-10(8-14(19)20)7-13(18)17-15/h4-7H,3,8H2,1-2H3,(H,19,20)(H,16,17,18). The molecule has 22 heavy (non-hydrogen) atoms. The largest absolute Gasteiger partial charge is 0.493 e. The summed E-state index contributed by atoms with van der Waals surface area (Å²) in [5, 5.41) is 8.81. The van der Waals surface area contributed by atoms with Crippen LogP contribution in [-0.2, 0) is 11.2 Å². The summed E-state index contributed by atoms with van der Waals surface area (Å²) < 4.78 is 10.7. The first kappa shape index (κ1) is 15.6. The van der Waals surface area contributed by atoms with Crippen molar-refractivity contribution in [3.63, 3.8) is 0 Å². The van der Waals surface area contributed by atoms with Gasteiger partial charge in [0, 0.05) is 11.6 Å². The van der Waals surface area contributed by atoms with Gasteiger partial charge in [0.1, 0.15) is 5.82 Å². The number of methoxy groups -OCH3 is 1. The van der Waals surface area contributed by atoms with E-state index in [1.807, 2.05) is 6.92 Å². The number of carboxylic acids is 1. The monoisotopic (exact) mass is 304 g/mol. The van der Waals surface area contributed by atoms with E-state index in [0.717, 1.165) is 0 Å². The van der Waals surface area contributed by atoms with Crippen LogP contribution in [0.15, 0.2) is 29.1 Å². The van der Waals surface area contributed by atoms with Crippen LogP contribution in [0, 0.1) is 0 Å². The normalized spacial score (nSPS) is 10.3. The van der Waals surface area contributed by atoms with Gasteiger partial charge in [0.25, 0.3) is 5.56 Å². The van der Waals surface area contributed by atoms with Crippen molar-refractivity contribution in [1.82, 2.24) is 9.97 Å². The van der Waals surface area contributed by atoms with Gasteiger partial charge in [-0.3, -0.25) is 9.59 Å². The van der Waals surface area contributed by atoms with Gasteiger partial charge in [0.15, 0.2) is 11.5 Å². The van der Waals surface area contributed by atoms with Gasteiger partial charge < -0.3 is 19.6 Å². The molecular weight excluding hydrogens is 288 g/mol. The maximum absolute atomic E-state index is 11.6. The highest BCUT2D eigenvalue weighted by Gasteiger charge is 2.11. The fourth-order valence-electron chi connectivity index (χ4n) is 1.98. The van der Waals surface area contributed by atoms with Crippen LogP contribution >= 0.6 is 0 Å². The van der Waals surface area contributed by atoms with Crippen LogP contribution in [-0.4, -0.2) is 34.8 Å². The molecule has 2 N–H and O–H groups in total. The van der Waals surface area contributed by atoms with E-state index in [2.05, 4.69) is 9.97 Å². The van der Waals surface area contributed by atoms with E-state index in [9.17, 15) is 9.59 Å². The Labute approximate surface area is 126 Å². The molecule has 0 radical (unpaired) electrons. The van der Waals surface area contributed by atoms with Crippen molar-refractivity contribution < 1.29 is 19.4 Å². The molecule has 7 nitrogen and oxygen atoms in total. The van der Waals surface area contributed by atoms with Crippen molar-refractivity contribution in [2.75, 3.05) is 13.7 Å². The number of carbonyl (C=O) groups is 1. The van der Waals surface area contributed by atoms with Gasteiger partial charge in [-0.2, -0.15) is 0 Å². The molecular formula is C15H16N2O5. The molecule has 2 rings (SSSR count). The number of carboxylic acid groups (broad SMARTS) is 1. The predicted octanol–water partition coefficient (Wildman–Crippen LogP) is 1.47. The highest BCUT2D eigenvalue weighted by Crippen LogP contribution is 2.31. The number of ether oxygens (including phenoxy) is 2. The quantitative estimate of drug-likeness (QED) is 0.838. The second-order valence-electron chi connectivity index (χ2n) is 4.45. The zero-order chi connectivity index (χ0) is 16.1. The molecule has 0 saturated heterocycles. The molecule has 0 aliphatic rings. The lowest BCUT2D eigenvalue weighted by molar-refractivity contribution is -0.136. The summed E-state index contributed by atoms with van der Waals surface area (Å²) >= 11 is 0. The molecule has 0 amide bonds. The van der Waals surface area contributed by atoms with E-state index in [4.69, 9.17) is 14.6 Å². The highest BCUT2D eigenvalue weighted by molar-refractivity contribution is 5.70. The Hall–Kier alpha value is -2.83. The summed E-state index contributed by atoms with van der Waals surface area (Å²) in [7, 11) is 1.51. The van der Waals surface area contributed by atoms with Crippen molar-refractivity contribution in [1.29, 1.82) is 0 Å². The molecule has 0 aliphatic heterocycles. The number of benzene rings is 1. The minimum absolute atomic E-state index is 0.194. The van der Waals surface area contributed by atoms with Gasteiger partial charge >= 0.3 is 5.97 Å². The van der Waals surface area contributed by atoms with Crippen LogP contribution in [0.3, 0.4) is 0 Å². The Morgan fingerprint density at radius 3 is 2.73 bits per heavy atom. The van der Waals surface area contributed by atoms with Gasteiger partial charge in [0.05, 0.1) is 25.8 Å². The fourth-order valence-corrected chi connectivity index (χ4v) is 1.98. The van der Waals surface area contributed by atoms with E-state index >= 15 is 0 Å². The maximum atomic E-state index is 11.6. The molecule has 1 heterocycles. The van der Waals surface area contributed by atoms with Crippen molar-refractivity contribution in [3.8, 4) is 22.9 Å². The fraction of sp³-hybridized carbons (Fsp3) is 0.267. The van der Waals surface area contributed by atoms with Crippen LogP contribution in [0.5, 0.6) is 11.5 Å². The number of hydrogen-bond donors (Lipinski definition) is 2. The maximum Gasteiger partial charge on any atom is 0.309 e. The summed E-state index contributed by atoms with van der Waals surface area (Å²) in [6, 6.07) is 6.27. The summed E-state index contributed by atoms with van der Waals surface area (Å²) in [6.45, 7) is 2.36. The van der Waals surface area contributed by atoms with Crippen molar-refractivity contribution in [3.05, 3.63) is 40.3 Å². The first-order valence-electron chi connectivity index (χ1n) is 6.66. The minimum atomic E-state index is -1.05. The summed E-state index contributed by atoms with van der Waals surface area (Å²) in [5.41, 5.74) is 0.387. The molecule has 2 aromatic rings. The molecule has 1 aromatic heterocycles. The summed E-state index contributed by atoms with van der Waals surface area (Å²) in [6.07, 6.45) is -0.314. The van der Waals surface area contributed by atoms with Crippen LogP contribution < -0.4 is 15.0 Å². The number of aromatic amines is 1. The molecule has 116 valence electrons. The Morgan fingerprint density at radius 2 is 2.09 bits per heavy atom. The Bertz CT molecular complexity index is 739. The Kier molecular flexibility index (Phi) is 4.77. The number of aromatic nitrogens is 2. The average molecular weight is 304 g/mol. The second kappa shape index (κ2) is 6.75. The van der Waals surface area contributed by atoms with Gasteiger partial charge in [-0.05, 0) is 25.1 Å². The lowest BCUT2D eigenvalue weighted by Gasteiger charge is -2.11. The number of nitrogens with zero attached hydrogens (tertiary/aromatic N) is 1. The van der Waals surface area contributed by atoms with Gasteiger partial charge in [0.2, 0.25) is 0 Å². The van der Waals surface area contributed by atoms with Crippen molar-refractivity contribution in [2.24, 2.45) is 0 Å². The van der Waals surface area contributed by atoms with Crippen LogP contribution in [0.25, 0.3) is 11.4 Å². The molecule has 0 bridgehead atoms. The first-order valence-corrected chi connectivity index (χ1v) is 6.66. The molecule has 0 atom stereocenters. The van der Waals surface area contributed by atoms with E-state index in [1.54, 1.807) is 18.2 Å². The Morgan fingerprint density at radius 1 is 1.32 bits per heavy atom. The number of nitrogens with one attached hydrogen (secondary N) is 1. The average Bonchev–Trinajstić information content (AvgIpc) is 2.46. The number of H-pyrrole nitrogens is 1. The molecule has 0 spiro atoms. The minimum Gasteiger partial charge on any atom is -0.493 e. The summed E-state index contributed by atoms with van der Waals surface area (Å²) in [4.78, 5) is 29.1. The van der Waals surface area contributed by atoms with Gasteiger partial charge in [-0.25, -0.2) is 4.98 Å². The van der Waals surface area contributed by atoms with E-state index in [-0.39, 0.29) is 17.9 Å². The summed E-state index contributed by atoms with van der Waals surface area (Å²) in [5.74, 6) is 0.321. The van der Waals surface area contributed by atoms with Crippen LogP contribution in [0.2, 0.25) is 0 Å². The molecule has 0 unspecified atom stereocenters. The number of aliphatic carboxylic acids is 1. The van der Waals surface area contributed by atoms with Gasteiger partial charge in [-0.1, -0.05) is 0 Å². The van der Waals surface area contributed by atoms with Gasteiger partial charge in [-0.15, -0.1) is 0 Å². The molecule has 0 fully saturated rings. The second-order valence-corrected chi connectivity index (χ2v) is 4.45. The number of rotatable bonds is 6. The van der Waals surface area contributed by atoms with Crippen molar-refractivity contribution >= 4 is 5.97 Å². The third-order valence-electron chi connectivity index (χ3n) is 2.86. The van der Waals surface area contributed by atoms with Crippen LogP contribution in [0.1, 0.15) is 12.6 Å². The smallest absolute Gasteiger partial charge is 0.309 e. The SMILES string of the molecule is CCOc1ccc(-c2nc(CC(=O)O)cc(=O)[nH]2)cc1OC. The third kappa shape index (κ3) is 3.63. The van der Waals surface area contributed by atoms with Crippen LogP contribution in [0.4, 0.5) is 0 Å². The zero-order valence-corrected chi connectivity index (χ0v) is 12.3. The molecule has 1 aromatic carbocycles. The third-order valence-corrected chi connectivity index (χ3v) is 2.86. The first-order chi connectivity index (χ1) is 10.5. The molecule has 7 heteroatoms. The molecule has 0 saturated carbocycles. The van der Waals surface area contributed by atoms with E-state index in [1.165, 1.54) is 13.2 Å². The topological polar surface area (TPSA) is 102 Å². The predicted molar refractivity (Wildman–Crippen MR) is 79.4 cm³/mol. The van der Waals surface area contributed by atoms with Crippen molar-refractivity contribution in [2.45, 2.75) is 13.3 Å². The van der Waals surface area contributed by atoms with E-state index in [0.29, 0.717) is 23.7 Å². The lowest BCUT2D eigenvalue weighted by atomic mass is 10.1. The Balaban J connectivity index is 2.45. The highest BCUT2D eigenvalue weighted by atomic mass is 16.5. The zero-order valence-electron chi connectivity index (χ0n) is 12.3. The number of hydrogen-bond acceptors (Lipinski definition) is 5. The molecule has 0 aliphatic carbocycles. The lowest BCUT2D eigenvalue weighted by Crippen LogP contribution is -2.13.